The number of amides is 2. The van der Waals surface area contributed by atoms with E-state index in [4.69, 9.17) is 0 Å². The molecular weight excluding hydrogens is 356 g/mol. The number of hydrogen-bond acceptors (Lipinski definition) is 5. The second kappa shape index (κ2) is 7.92. The van der Waals surface area contributed by atoms with Crippen molar-refractivity contribution in [3.8, 4) is 0 Å². The zero-order valence-corrected chi connectivity index (χ0v) is 16.0. The minimum absolute atomic E-state index is 0.0454. The van der Waals surface area contributed by atoms with Crippen LogP contribution in [0.15, 0.2) is 41.8 Å². The van der Waals surface area contributed by atoms with Crippen LogP contribution in [0.4, 0.5) is 0 Å². The molecule has 2 aliphatic rings. The highest BCUT2D eigenvalue weighted by Gasteiger charge is 2.32. The predicted molar refractivity (Wildman–Crippen MR) is 103 cm³/mol. The van der Waals surface area contributed by atoms with Crippen LogP contribution in [-0.4, -0.2) is 55.3 Å². The molecule has 8 nitrogen and oxygen atoms in total. The Morgan fingerprint density at radius 1 is 1.21 bits per heavy atom. The smallest absolute Gasteiger partial charge is 0.270 e. The Labute approximate surface area is 163 Å². The summed E-state index contributed by atoms with van der Waals surface area (Å²) in [5, 5.41) is 14.0. The Morgan fingerprint density at radius 2 is 2.04 bits per heavy atom. The summed E-state index contributed by atoms with van der Waals surface area (Å²) < 4.78 is 1.91. The van der Waals surface area contributed by atoms with E-state index in [-0.39, 0.29) is 17.7 Å². The Morgan fingerprint density at radius 3 is 2.79 bits per heavy atom. The molecule has 1 atom stereocenters. The third-order valence-corrected chi connectivity index (χ3v) is 5.35. The zero-order valence-electron chi connectivity index (χ0n) is 16.0. The van der Waals surface area contributed by atoms with Gasteiger partial charge in [-0.05, 0) is 18.4 Å². The highest BCUT2D eigenvalue weighted by Crippen LogP contribution is 2.26. The number of benzene rings is 1. The molecule has 3 heterocycles. The van der Waals surface area contributed by atoms with Gasteiger partial charge in [-0.2, -0.15) is 5.10 Å². The first kappa shape index (κ1) is 18.3. The zero-order chi connectivity index (χ0) is 19.5. The molecule has 2 aromatic rings. The van der Waals surface area contributed by atoms with Crippen molar-refractivity contribution in [1.29, 1.82) is 0 Å². The van der Waals surface area contributed by atoms with Crippen molar-refractivity contribution in [3.63, 3.8) is 0 Å². The van der Waals surface area contributed by atoms with E-state index in [2.05, 4.69) is 15.3 Å². The van der Waals surface area contributed by atoms with E-state index in [0.717, 1.165) is 24.2 Å². The van der Waals surface area contributed by atoms with Crippen LogP contribution in [0, 0.1) is 0 Å². The van der Waals surface area contributed by atoms with Gasteiger partial charge in [0, 0.05) is 38.9 Å². The maximum absolute atomic E-state index is 13.1. The third kappa shape index (κ3) is 3.81. The molecule has 0 unspecified atom stereocenters. The standard InChI is InChI=1S/C20H24N6O2/c1-24-14-21-22-19(24)16-8-5-11-25(13-16)20(28)17-9-10-18(27)26(23-17)12-15-6-3-2-4-7-15/h2-4,6-7,14,16H,5,8-13H2,1H3/t16-/m0/s1. The maximum Gasteiger partial charge on any atom is 0.270 e. The first-order valence-corrected chi connectivity index (χ1v) is 9.67. The van der Waals surface area contributed by atoms with Crippen molar-refractivity contribution >= 4 is 17.5 Å². The SMILES string of the molecule is Cn1cnnc1[C@H]1CCCN(C(=O)C2=NN(Cc3ccccc3)C(=O)CC2)C1. The van der Waals surface area contributed by atoms with Gasteiger partial charge in [0.25, 0.3) is 5.91 Å². The molecule has 4 rings (SSSR count). The predicted octanol–water partition coefficient (Wildman–Crippen LogP) is 1.70. The summed E-state index contributed by atoms with van der Waals surface area (Å²) in [5.41, 5.74) is 1.46. The van der Waals surface area contributed by atoms with Gasteiger partial charge < -0.3 is 9.47 Å². The fraction of sp³-hybridized carbons (Fsp3) is 0.450. The average molecular weight is 380 g/mol. The molecule has 1 saturated heterocycles. The van der Waals surface area contributed by atoms with Crippen molar-refractivity contribution in [1.82, 2.24) is 24.7 Å². The van der Waals surface area contributed by atoms with Crippen LogP contribution in [0.2, 0.25) is 0 Å². The van der Waals surface area contributed by atoms with Gasteiger partial charge in [-0.3, -0.25) is 9.59 Å². The van der Waals surface area contributed by atoms with Crippen LogP contribution in [-0.2, 0) is 23.2 Å². The monoisotopic (exact) mass is 380 g/mol. The summed E-state index contributed by atoms with van der Waals surface area (Å²) in [5.74, 6) is 0.967. The van der Waals surface area contributed by atoms with Crippen LogP contribution >= 0.6 is 0 Å². The summed E-state index contributed by atoms with van der Waals surface area (Å²) in [4.78, 5) is 27.2. The molecule has 28 heavy (non-hydrogen) atoms. The average Bonchev–Trinajstić information content (AvgIpc) is 3.16. The Kier molecular flexibility index (Phi) is 5.18. The van der Waals surface area contributed by atoms with Crippen LogP contribution in [0.1, 0.15) is 43.0 Å². The molecule has 0 spiro atoms. The largest absolute Gasteiger partial charge is 0.337 e. The van der Waals surface area contributed by atoms with Crippen molar-refractivity contribution in [2.24, 2.45) is 12.1 Å². The fourth-order valence-electron chi connectivity index (χ4n) is 3.85. The topological polar surface area (TPSA) is 83.7 Å². The van der Waals surface area contributed by atoms with Gasteiger partial charge in [0.15, 0.2) is 0 Å². The van der Waals surface area contributed by atoms with Crippen LogP contribution in [0.3, 0.4) is 0 Å². The highest BCUT2D eigenvalue weighted by molar-refractivity contribution is 6.39. The number of nitrogens with zero attached hydrogens (tertiary/aromatic N) is 6. The summed E-state index contributed by atoms with van der Waals surface area (Å²) in [7, 11) is 1.92. The summed E-state index contributed by atoms with van der Waals surface area (Å²) in [6, 6.07) is 9.70. The number of rotatable bonds is 4. The van der Waals surface area contributed by atoms with E-state index in [1.165, 1.54) is 5.01 Å². The Hall–Kier alpha value is -3.03. The second-order valence-electron chi connectivity index (χ2n) is 7.37. The minimum atomic E-state index is -0.0718. The first-order valence-electron chi connectivity index (χ1n) is 9.67. The summed E-state index contributed by atoms with van der Waals surface area (Å²) >= 11 is 0. The number of carbonyl (C=O) groups is 2. The van der Waals surface area contributed by atoms with E-state index in [1.54, 1.807) is 6.33 Å². The number of piperidine rings is 1. The number of hydrogen-bond donors (Lipinski definition) is 0. The molecule has 0 bridgehead atoms. The highest BCUT2D eigenvalue weighted by atomic mass is 16.2. The molecule has 1 aromatic carbocycles. The van der Waals surface area contributed by atoms with Gasteiger partial charge in [0.05, 0.1) is 6.54 Å². The number of likely N-dealkylation sites (tertiary alicyclic amines) is 1. The van der Waals surface area contributed by atoms with Crippen molar-refractivity contribution in [2.45, 2.75) is 38.1 Å². The lowest BCUT2D eigenvalue weighted by molar-refractivity contribution is -0.132. The number of carbonyl (C=O) groups excluding carboxylic acids is 2. The van der Waals surface area contributed by atoms with E-state index in [9.17, 15) is 9.59 Å². The molecule has 0 radical (unpaired) electrons. The lowest BCUT2D eigenvalue weighted by atomic mass is 9.96. The van der Waals surface area contributed by atoms with Crippen molar-refractivity contribution in [3.05, 3.63) is 48.0 Å². The van der Waals surface area contributed by atoms with Crippen LogP contribution < -0.4 is 0 Å². The molecule has 0 aliphatic carbocycles. The quantitative estimate of drug-likeness (QED) is 0.808. The number of aromatic nitrogens is 3. The van der Waals surface area contributed by atoms with Gasteiger partial charge >= 0.3 is 0 Å². The van der Waals surface area contributed by atoms with Gasteiger partial charge in [-0.15, -0.1) is 10.2 Å². The van der Waals surface area contributed by atoms with Crippen molar-refractivity contribution < 1.29 is 9.59 Å². The fourth-order valence-corrected chi connectivity index (χ4v) is 3.85. The van der Waals surface area contributed by atoms with E-state index in [0.29, 0.717) is 38.2 Å². The molecule has 1 aromatic heterocycles. The molecule has 2 aliphatic heterocycles. The first-order chi connectivity index (χ1) is 13.6. The van der Waals surface area contributed by atoms with E-state index in [1.807, 2.05) is 46.8 Å². The maximum atomic E-state index is 13.1. The van der Waals surface area contributed by atoms with Gasteiger partial charge in [0.2, 0.25) is 5.91 Å². The summed E-state index contributed by atoms with van der Waals surface area (Å²) in [6.07, 6.45) is 4.31. The lowest BCUT2D eigenvalue weighted by Crippen LogP contribution is -2.45. The summed E-state index contributed by atoms with van der Waals surface area (Å²) in [6.45, 7) is 1.70. The molecule has 1 fully saturated rings. The Balaban J connectivity index is 1.48. The number of hydrazone groups is 1. The minimum Gasteiger partial charge on any atom is -0.337 e. The van der Waals surface area contributed by atoms with Crippen LogP contribution in [0.5, 0.6) is 0 Å². The third-order valence-electron chi connectivity index (χ3n) is 5.35. The lowest BCUT2D eigenvalue weighted by Gasteiger charge is -2.33. The van der Waals surface area contributed by atoms with E-state index >= 15 is 0 Å². The van der Waals surface area contributed by atoms with Gasteiger partial charge in [-0.1, -0.05) is 30.3 Å². The second-order valence-corrected chi connectivity index (χ2v) is 7.37. The van der Waals surface area contributed by atoms with E-state index < -0.39 is 0 Å². The molecular formula is C20H24N6O2. The normalized spacial score (nSPS) is 20.2. The molecule has 8 heteroatoms. The number of aryl methyl sites for hydroxylation is 1. The van der Waals surface area contributed by atoms with Crippen LogP contribution in [0.25, 0.3) is 0 Å². The van der Waals surface area contributed by atoms with Crippen molar-refractivity contribution in [2.75, 3.05) is 13.1 Å². The van der Waals surface area contributed by atoms with Gasteiger partial charge in [0.1, 0.15) is 17.9 Å². The molecule has 2 amide bonds. The van der Waals surface area contributed by atoms with Gasteiger partial charge in [-0.25, -0.2) is 5.01 Å². The molecule has 0 saturated carbocycles. The molecule has 146 valence electrons. The molecule has 0 N–H and O–H groups in total. The Bertz CT molecular complexity index is 891.